The molecule has 2 rings (SSSR count). The molecule has 0 fully saturated rings. The Balaban J connectivity index is 1.91. The van der Waals surface area contributed by atoms with Gasteiger partial charge in [-0.1, -0.05) is 15.9 Å². The zero-order chi connectivity index (χ0) is 10.7. The number of hydrogen-bond acceptors (Lipinski definition) is 3. The molecule has 1 aromatic carbocycles. The van der Waals surface area contributed by atoms with Gasteiger partial charge in [0.1, 0.15) is 11.9 Å². The summed E-state index contributed by atoms with van der Waals surface area (Å²) in [5, 5.41) is 0. The average Bonchev–Trinajstić information content (AvgIpc) is 2.60. The minimum Gasteiger partial charge on any atom is -0.488 e. The Hall–Kier alpha value is -0.580. The monoisotopic (exact) mass is 271 g/mol. The fraction of sp³-hybridized carbons (Fsp3) is 0.455. The van der Waals surface area contributed by atoms with Gasteiger partial charge in [0, 0.05) is 10.9 Å². The highest BCUT2D eigenvalue weighted by Crippen LogP contribution is 2.30. The van der Waals surface area contributed by atoms with E-state index in [0.717, 1.165) is 23.2 Å². The highest BCUT2D eigenvalue weighted by molar-refractivity contribution is 9.10. The highest BCUT2D eigenvalue weighted by Gasteiger charge is 2.22. The first kappa shape index (κ1) is 10.9. The van der Waals surface area contributed by atoms with Crippen LogP contribution >= 0.6 is 15.9 Å². The van der Waals surface area contributed by atoms with Crippen LogP contribution in [0.3, 0.4) is 0 Å². The third kappa shape index (κ3) is 2.71. The summed E-state index contributed by atoms with van der Waals surface area (Å²) in [4.78, 5) is 5.08. The van der Waals surface area contributed by atoms with Gasteiger partial charge in [0.2, 0.25) is 0 Å². The number of rotatable bonds is 4. The third-order valence-corrected chi connectivity index (χ3v) is 2.81. The lowest BCUT2D eigenvalue weighted by molar-refractivity contribution is 0.0305. The molecule has 4 heteroatoms. The van der Waals surface area contributed by atoms with Crippen LogP contribution in [0, 0.1) is 0 Å². The molecule has 0 saturated heterocycles. The van der Waals surface area contributed by atoms with Crippen LogP contribution in [0.15, 0.2) is 22.7 Å². The van der Waals surface area contributed by atoms with Gasteiger partial charge in [-0.15, -0.1) is 0 Å². The molecule has 1 aliphatic heterocycles. The van der Waals surface area contributed by atoms with Gasteiger partial charge in [0.15, 0.2) is 0 Å². The number of nitrogens with one attached hydrogen (secondary N) is 1. The smallest absolute Gasteiger partial charge is 0.123 e. The van der Waals surface area contributed by atoms with Crippen LogP contribution < -0.4 is 10.2 Å². The summed E-state index contributed by atoms with van der Waals surface area (Å²) >= 11 is 3.45. The molecule has 0 aliphatic carbocycles. The van der Waals surface area contributed by atoms with E-state index in [0.29, 0.717) is 6.61 Å². The summed E-state index contributed by atoms with van der Waals surface area (Å²) in [6.45, 7) is 3.35. The molecule has 0 amide bonds. The average molecular weight is 272 g/mol. The van der Waals surface area contributed by atoms with Gasteiger partial charge in [0.25, 0.3) is 0 Å². The molecule has 1 unspecified atom stereocenters. The molecule has 1 N–H and O–H groups in total. The van der Waals surface area contributed by atoms with E-state index in [1.54, 1.807) is 0 Å². The van der Waals surface area contributed by atoms with Crippen molar-refractivity contribution >= 4 is 15.9 Å². The maximum atomic E-state index is 5.75. The van der Waals surface area contributed by atoms with Crippen molar-refractivity contribution in [3.05, 3.63) is 28.2 Å². The molecule has 0 aromatic heterocycles. The quantitative estimate of drug-likeness (QED) is 0.674. The maximum Gasteiger partial charge on any atom is 0.123 e. The molecule has 0 spiro atoms. The Morgan fingerprint density at radius 1 is 1.60 bits per heavy atom. The molecule has 0 saturated carbocycles. The Morgan fingerprint density at radius 3 is 3.27 bits per heavy atom. The van der Waals surface area contributed by atoms with Crippen molar-refractivity contribution < 1.29 is 9.57 Å². The van der Waals surface area contributed by atoms with E-state index in [9.17, 15) is 0 Å². The molecule has 15 heavy (non-hydrogen) atoms. The third-order valence-electron chi connectivity index (χ3n) is 2.32. The van der Waals surface area contributed by atoms with Gasteiger partial charge >= 0.3 is 0 Å². The number of benzene rings is 1. The van der Waals surface area contributed by atoms with Crippen molar-refractivity contribution in [2.45, 2.75) is 19.4 Å². The predicted molar refractivity (Wildman–Crippen MR) is 61.9 cm³/mol. The fourth-order valence-corrected chi connectivity index (χ4v) is 2.07. The lowest BCUT2D eigenvalue weighted by atomic mass is 10.1. The zero-order valence-corrected chi connectivity index (χ0v) is 10.2. The lowest BCUT2D eigenvalue weighted by Crippen LogP contribution is -2.30. The van der Waals surface area contributed by atoms with E-state index >= 15 is 0 Å². The number of hydroxylamine groups is 1. The summed E-state index contributed by atoms with van der Waals surface area (Å²) in [5.74, 6) is 0.987. The van der Waals surface area contributed by atoms with E-state index in [-0.39, 0.29) is 6.10 Å². The first-order valence-electron chi connectivity index (χ1n) is 5.09. The first-order valence-corrected chi connectivity index (χ1v) is 5.88. The number of fused-ring (bicyclic) bond motifs is 1. The van der Waals surface area contributed by atoms with E-state index in [1.807, 2.05) is 19.1 Å². The Morgan fingerprint density at radius 2 is 2.47 bits per heavy atom. The summed E-state index contributed by atoms with van der Waals surface area (Å²) in [7, 11) is 0. The van der Waals surface area contributed by atoms with Gasteiger partial charge in [-0.25, -0.2) is 0 Å². The molecule has 3 nitrogen and oxygen atoms in total. The molecule has 0 radical (unpaired) electrons. The second-order valence-electron chi connectivity index (χ2n) is 3.48. The SMILES string of the molecule is CCONCC1Cc2cc(Br)ccc2O1. The lowest BCUT2D eigenvalue weighted by Gasteiger charge is -2.10. The molecule has 1 atom stereocenters. The minimum atomic E-state index is 0.181. The topological polar surface area (TPSA) is 30.5 Å². The van der Waals surface area contributed by atoms with Gasteiger partial charge in [-0.3, -0.25) is 0 Å². The van der Waals surface area contributed by atoms with Crippen LogP contribution in [0.2, 0.25) is 0 Å². The van der Waals surface area contributed by atoms with Crippen molar-refractivity contribution in [3.63, 3.8) is 0 Å². The molecular formula is C11H14BrNO2. The summed E-state index contributed by atoms with van der Waals surface area (Å²) in [6.07, 6.45) is 1.12. The van der Waals surface area contributed by atoms with Crippen molar-refractivity contribution in [2.24, 2.45) is 0 Å². The predicted octanol–water partition coefficient (Wildman–Crippen LogP) is 2.29. The van der Waals surface area contributed by atoms with Crippen LogP contribution in [-0.2, 0) is 11.3 Å². The van der Waals surface area contributed by atoms with Gasteiger partial charge in [-0.05, 0) is 30.7 Å². The van der Waals surface area contributed by atoms with Gasteiger partial charge in [-0.2, -0.15) is 5.48 Å². The molecule has 82 valence electrons. The van der Waals surface area contributed by atoms with E-state index in [2.05, 4.69) is 27.5 Å². The van der Waals surface area contributed by atoms with Crippen molar-refractivity contribution in [2.75, 3.05) is 13.2 Å². The molecule has 1 aliphatic rings. The summed E-state index contributed by atoms with van der Waals surface area (Å²) in [5.41, 5.74) is 4.15. The summed E-state index contributed by atoms with van der Waals surface area (Å²) < 4.78 is 6.85. The largest absolute Gasteiger partial charge is 0.488 e. The van der Waals surface area contributed by atoms with E-state index in [4.69, 9.17) is 9.57 Å². The minimum absolute atomic E-state index is 0.181. The second-order valence-corrected chi connectivity index (χ2v) is 4.39. The standard InChI is InChI=1S/C11H14BrNO2/c1-2-14-13-7-10-6-8-5-9(12)3-4-11(8)15-10/h3-5,10,13H,2,6-7H2,1H3. The van der Waals surface area contributed by atoms with Gasteiger partial charge < -0.3 is 9.57 Å². The van der Waals surface area contributed by atoms with Crippen LogP contribution in [0.25, 0.3) is 0 Å². The molecular weight excluding hydrogens is 258 g/mol. The number of ether oxygens (including phenoxy) is 1. The second kappa shape index (κ2) is 4.96. The molecule has 0 bridgehead atoms. The Labute approximate surface area is 97.8 Å². The first-order chi connectivity index (χ1) is 7.29. The van der Waals surface area contributed by atoms with E-state index < -0.39 is 0 Å². The van der Waals surface area contributed by atoms with Crippen LogP contribution in [0.4, 0.5) is 0 Å². The van der Waals surface area contributed by atoms with Crippen molar-refractivity contribution in [1.82, 2.24) is 5.48 Å². The zero-order valence-electron chi connectivity index (χ0n) is 8.63. The van der Waals surface area contributed by atoms with Crippen LogP contribution in [0.5, 0.6) is 5.75 Å². The van der Waals surface area contributed by atoms with Crippen molar-refractivity contribution in [3.8, 4) is 5.75 Å². The Bertz CT molecular complexity index is 343. The Kier molecular flexibility index (Phi) is 3.61. The van der Waals surface area contributed by atoms with Gasteiger partial charge in [0.05, 0.1) is 13.2 Å². The van der Waals surface area contributed by atoms with Crippen LogP contribution in [-0.4, -0.2) is 19.3 Å². The number of hydrogen-bond donors (Lipinski definition) is 1. The van der Waals surface area contributed by atoms with Crippen molar-refractivity contribution in [1.29, 1.82) is 0 Å². The van der Waals surface area contributed by atoms with E-state index in [1.165, 1.54) is 5.56 Å². The molecule has 1 aromatic rings. The summed E-state index contributed by atoms with van der Waals surface area (Å²) in [6, 6.07) is 6.10. The maximum absolute atomic E-state index is 5.75. The fourth-order valence-electron chi connectivity index (χ4n) is 1.66. The number of halogens is 1. The molecule has 1 heterocycles. The normalized spacial score (nSPS) is 18.7. The highest BCUT2D eigenvalue weighted by atomic mass is 79.9. The van der Waals surface area contributed by atoms with Crippen LogP contribution in [0.1, 0.15) is 12.5 Å².